The van der Waals surface area contributed by atoms with Crippen molar-refractivity contribution in [2.75, 3.05) is 19.0 Å². The van der Waals surface area contributed by atoms with E-state index in [0.717, 1.165) is 11.3 Å². The van der Waals surface area contributed by atoms with Crippen molar-refractivity contribution in [3.63, 3.8) is 0 Å². The minimum atomic E-state index is -0.262. The van der Waals surface area contributed by atoms with Crippen LogP contribution in [0.25, 0.3) is 0 Å². The van der Waals surface area contributed by atoms with Crippen molar-refractivity contribution >= 4 is 11.7 Å². The van der Waals surface area contributed by atoms with E-state index >= 15 is 0 Å². The van der Waals surface area contributed by atoms with Gasteiger partial charge in [-0.25, -0.2) is 4.79 Å². The topological polar surface area (TPSA) is 38.3 Å². The minimum absolute atomic E-state index is 0.262. The number of hydrogen-bond donors (Lipinski definition) is 1. The predicted octanol–water partition coefficient (Wildman–Crippen LogP) is 2.21. The highest BCUT2D eigenvalue weighted by atomic mass is 16.5. The Balaban J connectivity index is 3.03. The minimum Gasteiger partial charge on any atom is -0.462 e. The van der Waals surface area contributed by atoms with Crippen LogP contribution < -0.4 is 5.32 Å². The summed E-state index contributed by atoms with van der Waals surface area (Å²) < 4.78 is 4.94. The van der Waals surface area contributed by atoms with E-state index < -0.39 is 0 Å². The number of hydrogen-bond acceptors (Lipinski definition) is 3. The maximum atomic E-state index is 11.5. The number of ether oxygens (including phenoxy) is 1. The number of rotatable bonds is 3. The molecule has 76 valence electrons. The lowest BCUT2D eigenvalue weighted by Crippen LogP contribution is -2.07. The first-order valence-electron chi connectivity index (χ1n) is 4.65. The van der Waals surface area contributed by atoms with Crippen molar-refractivity contribution in [1.82, 2.24) is 0 Å². The van der Waals surface area contributed by atoms with Gasteiger partial charge in [-0.2, -0.15) is 0 Å². The molecule has 0 fully saturated rings. The van der Waals surface area contributed by atoms with Crippen LogP contribution in [-0.4, -0.2) is 19.6 Å². The molecule has 0 bridgehead atoms. The normalized spacial score (nSPS) is 9.64. The van der Waals surface area contributed by atoms with Crippen LogP contribution in [-0.2, 0) is 4.74 Å². The summed E-state index contributed by atoms with van der Waals surface area (Å²) in [5.41, 5.74) is 2.50. The van der Waals surface area contributed by atoms with E-state index in [4.69, 9.17) is 4.74 Å². The van der Waals surface area contributed by atoms with Gasteiger partial charge in [-0.1, -0.05) is 6.07 Å². The van der Waals surface area contributed by atoms with E-state index in [2.05, 4.69) is 5.32 Å². The molecule has 0 aromatic heterocycles. The molecule has 3 heteroatoms. The maximum absolute atomic E-state index is 11.5. The van der Waals surface area contributed by atoms with Gasteiger partial charge >= 0.3 is 5.97 Å². The van der Waals surface area contributed by atoms with Crippen molar-refractivity contribution in [1.29, 1.82) is 0 Å². The molecule has 0 atom stereocenters. The van der Waals surface area contributed by atoms with E-state index in [1.807, 2.05) is 26.1 Å². The molecule has 0 aliphatic rings. The number of esters is 1. The Kier molecular flexibility index (Phi) is 3.51. The summed E-state index contributed by atoms with van der Waals surface area (Å²) in [5, 5.41) is 3.02. The molecular weight excluding hydrogens is 178 g/mol. The van der Waals surface area contributed by atoms with Crippen molar-refractivity contribution in [2.24, 2.45) is 0 Å². The lowest BCUT2D eigenvalue weighted by Gasteiger charge is -2.09. The molecule has 3 nitrogen and oxygen atoms in total. The first-order chi connectivity index (χ1) is 6.70. The summed E-state index contributed by atoms with van der Waals surface area (Å²) in [6, 6.07) is 5.54. The first-order valence-corrected chi connectivity index (χ1v) is 4.65. The lowest BCUT2D eigenvalue weighted by molar-refractivity contribution is 0.0525. The number of benzene rings is 1. The molecule has 0 aliphatic carbocycles. The van der Waals surface area contributed by atoms with Gasteiger partial charge < -0.3 is 10.1 Å². The molecule has 14 heavy (non-hydrogen) atoms. The van der Waals surface area contributed by atoms with Crippen LogP contribution in [0.2, 0.25) is 0 Å². The zero-order valence-electron chi connectivity index (χ0n) is 8.76. The smallest absolute Gasteiger partial charge is 0.338 e. The van der Waals surface area contributed by atoms with E-state index in [9.17, 15) is 4.79 Å². The number of carbonyl (C=O) groups excluding carboxylic acids is 1. The second kappa shape index (κ2) is 4.65. The van der Waals surface area contributed by atoms with Gasteiger partial charge in [0.15, 0.2) is 0 Å². The fraction of sp³-hybridized carbons (Fsp3) is 0.364. The molecule has 1 N–H and O–H groups in total. The monoisotopic (exact) mass is 193 g/mol. The number of nitrogens with one attached hydrogen (secondary N) is 1. The third kappa shape index (κ3) is 2.05. The summed E-state index contributed by atoms with van der Waals surface area (Å²) in [7, 11) is 1.83. The second-order valence-corrected chi connectivity index (χ2v) is 2.95. The van der Waals surface area contributed by atoms with Crippen molar-refractivity contribution in [3.8, 4) is 0 Å². The Labute approximate surface area is 84.1 Å². The van der Waals surface area contributed by atoms with Gasteiger partial charge in [-0.15, -0.1) is 0 Å². The van der Waals surface area contributed by atoms with Crippen LogP contribution in [0.15, 0.2) is 18.2 Å². The van der Waals surface area contributed by atoms with Crippen molar-refractivity contribution in [2.45, 2.75) is 13.8 Å². The Morgan fingerprint density at radius 1 is 1.50 bits per heavy atom. The van der Waals surface area contributed by atoms with E-state index in [1.54, 1.807) is 13.0 Å². The summed E-state index contributed by atoms with van der Waals surface area (Å²) in [5.74, 6) is -0.262. The van der Waals surface area contributed by atoms with Gasteiger partial charge in [0, 0.05) is 12.7 Å². The molecule has 0 saturated heterocycles. The predicted molar refractivity (Wildman–Crippen MR) is 56.7 cm³/mol. The highest BCUT2D eigenvalue weighted by Crippen LogP contribution is 2.18. The second-order valence-electron chi connectivity index (χ2n) is 2.95. The SMILES string of the molecule is CCOC(=O)c1cccc(NC)c1C. The Hall–Kier alpha value is -1.51. The Morgan fingerprint density at radius 3 is 2.79 bits per heavy atom. The molecule has 0 radical (unpaired) electrons. The molecule has 0 amide bonds. The van der Waals surface area contributed by atoms with Crippen molar-refractivity contribution in [3.05, 3.63) is 29.3 Å². The molecule has 1 aromatic carbocycles. The van der Waals surface area contributed by atoms with Gasteiger partial charge in [-0.05, 0) is 31.5 Å². The lowest BCUT2D eigenvalue weighted by atomic mass is 10.1. The highest BCUT2D eigenvalue weighted by molar-refractivity contribution is 5.92. The Morgan fingerprint density at radius 2 is 2.21 bits per heavy atom. The van der Waals surface area contributed by atoms with E-state index in [-0.39, 0.29) is 5.97 Å². The molecule has 0 heterocycles. The maximum Gasteiger partial charge on any atom is 0.338 e. The summed E-state index contributed by atoms with van der Waals surface area (Å²) in [6.07, 6.45) is 0. The van der Waals surface area contributed by atoms with Gasteiger partial charge in [0.25, 0.3) is 0 Å². The van der Waals surface area contributed by atoms with Gasteiger partial charge in [0.2, 0.25) is 0 Å². The molecular formula is C11H15NO2. The van der Waals surface area contributed by atoms with Gasteiger partial charge in [-0.3, -0.25) is 0 Å². The molecule has 0 unspecified atom stereocenters. The number of carbonyl (C=O) groups is 1. The van der Waals surface area contributed by atoms with Gasteiger partial charge in [0.05, 0.1) is 12.2 Å². The summed E-state index contributed by atoms with van der Waals surface area (Å²) in [6.45, 7) is 4.11. The van der Waals surface area contributed by atoms with Crippen LogP contribution in [0.5, 0.6) is 0 Å². The fourth-order valence-electron chi connectivity index (χ4n) is 1.34. The summed E-state index contributed by atoms with van der Waals surface area (Å²) in [4.78, 5) is 11.5. The molecule has 1 rings (SSSR count). The van der Waals surface area contributed by atoms with E-state index in [1.165, 1.54) is 0 Å². The van der Waals surface area contributed by atoms with Crippen LogP contribution in [0.4, 0.5) is 5.69 Å². The highest BCUT2D eigenvalue weighted by Gasteiger charge is 2.11. The fourth-order valence-corrected chi connectivity index (χ4v) is 1.34. The van der Waals surface area contributed by atoms with Crippen LogP contribution in [0.3, 0.4) is 0 Å². The number of anilines is 1. The zero-order chi connectivity index (χ0) is 10.6. The van der Waals surface area contributed by atoms with Crippen LogP contribution in [0.1, 0.15) is 22.8 Å². The first kappa shape index (κ1) is 10.6. The van der Waals surface area contributed by atoms with Crippen LogP contribution >= 0.6 is 0 Å². The quantitative estimate of drug-likeness (QED) is 0.748. The average molecular weight is 193 g/mol. The molecule has 0 aliphatic heterocycles. The standard InChI is InChI=1S/C11H15NO2/c1-4-14-11(13)9-6-5-7-10(12-3)8(9)2/h5-7,12H,4H2,1-3H3. The molecule has 0 spiro atoms. The van der Waals surface area contributed by atoms with Gasteiger partial charge in [0.1, 0.15) is 0 Å². The van der Waals surface area contributed by atoms with Crippen molar-refractivity contribution < 1.29 is 9.53 Å². The Bertz CT molecular complexity index is 334. The zero-order valence-corrected chi connectivity index (χ0v) is 8.76. The van der Waals surface area contributed by atoms with E-state index in [0.29, 0.717) is 12.2 Å². The largest absolute Gasteiger partial charge is 0.462 e. The summed E-state index contributed by atoms with van der Waals surface area (Å²) >= 11 is 0. The molecule has 1 aromatic rings. The average Bonchev–Trinajstić information content (AvgIpc) is 2.18. The third-order valence-electron chi connectivity index (χ3n) is 2.10. The van der Waals surface area contributed by atoms with Crippen LogP contribution in [0, 0.1) is 6.92 Å². The third-order valence-corrected chi connectivity index (χ3v) is 2.10. The molecule has 0 saturated carbocycles.